The second kappa shape index (κ2) is 10.9. The van der Waals surface area contributed by atoms with Gasteiger partial charge in [-0.15, -0.1) is 0 Å². The van der Waals surface area contributed by atoms with E-state index in [-0.39, 0.29) is 5.82 Å². The van der Waals surface area contributed by atoms with E-state index in [2.05, 4.69) is 0 Å². The van der Waals surface area contributed by atoms with Crippen molar-refractivity contribution in [3.8, 4) is 22.4 Å². The van der Waals surface area contributed by atoms with Crippen molar-refractivity contribution < 1.29 is 28.9 Å². The molecule has 0 amide bonds. The van der Waals surface area contributed by atoms with Crippen LogP contribution in [0.5, 0.6) is 0 Å². The average Bonchev–Trinajstić information content (AvgIpc) is 2.78. The van der Waals surface area contributed by atoms with Gasteiger partial charge in [0, 0.05) is 22.6 Å². The highest BCUT2D eigenvalue weighted by Crippen LogP contribution is 2.45. The number of nitrogens with zero attached hydrogens (tertiary/aromatic N) is 1. The summed E-state index contributed by atoms with van der Waals surface area (Å²) in [5, 5.41) is 18.6. The fourth-order valence-electron chi connectivity index (χ4n) is 3.88. The molecule has 3 rings (SSSR count). The van der Waals surface area contributed by atoms with Gasteiger partial charge in [0.15, 0.2) is 0 Å². The predicted octanol–water partition coefficient (Wildman–Crippen LogP) is 5.50. The maximum atomic E-state index is 13.6. The molecule has 0 fully saturated rings. The maximum absolute atomic E-state index is 13.6. The summed E-state index contributed by atoms with van der Waals surface area (Å²) in [5.41, 5.74) is 5.29. The van der Waals surface area contributed by atoms with Crippen molar-refractivity contribution in [1.29, 1.82) is 0 Å². The third kappa shape index (κ3) is 6.26. The number of halogens is 1. The fourth-order valence-corrected chi connectivity index (χ4v) is 5.12. The molecule has 0 aliphatic heterocycles. The summed E-state index contributed by atoms with van der Waals surface area (Å²) < 4.78 is 26.3. The monoisotopic (exact) mass is 483 g/mol. The van der Waals surface area contributed by atoms with Crippen molar-refractivity contribution in [2.24, 2.45) is 0 Å². The Morgan fingerprint density at radius 3 is 2.35 bits per heavy atom. The fraction of sp³-hybridized carbons (Fsp3) is 0.231. The molecule has 2 atom stereocenters. The van der Waals surface area contributed by atoms with E-state index in [1.54, 1.807) is 12.1 Å². The van der Waals surface area contributed by atoms with E-state index in [0.717, 1.165) is 33.8 Å². The molecule has 2 aromatic carbocycles. The van der Waals surface area contributed by atoms with Gasteiger partial charge in [-0.3, -0.25) is 14.3 Å². The topological polar surface area (TPSA) is 108 Å². The van der Waals surface area contributed by atoms with Gasteiger partial charge in [0.25, 0.3) is 0 Å². The van der Waals surface area contributed by atoms with E-state index in [1.807, 2.05) is 44.2 Å². The van der Waals surface area contributed by atoms with Gasteiger partial charge in [-0.1, -0.05) is 49.4 Å². The molecule has 6 nitrogen and oxygen atoms in total. The number of hydrogen-bond donors (Lipinski definition) is 3. The number of carboxylic acid groups (broad SMARTS) is 1. The van der Waals surface area contributed by atoms with E-state index >= 15 is 0 Å². The Hall–Kier alpha value is -3.12. The molecule has 3 aromatic rings. The molecule has 0 spiro atoms. The lowest BCUT2D eigenvalue weighted by molar-refractivity contribution is -0.138. The average molecular weight is 483 g/mol. The molecule has 1 heterocycles. The standard InChI is InChI=1S/C26H27FNO5P/c1-3-23-22(13-14-34(32,33)16-21(29)15-24(30)31)25(18-9-11-20(27)12-10-18)17(2)26(28-23)19-7-5-4-6-8-19/h4-14,21,29H,3,15-16H2,1-2H3,(H,30,31)(H,32,33)/b14-13+/t21-/m0/s1. The molecular formula is C26H27FNO5P. The Kier molecular flexibility index (Phi) is 8.15. The van der Waals surface area contributed by atoms with Crippen molar-refractivity contribution in [2.75, 3.05) is 6.16 Å². The van der Waals surface area contributed by atoms with Crippen molar-refractivity contribution >= 4 is 19.4 Å². The summed E-state index contributed by atoms with van der Waals surface area (Å²) in [7, 11) is -3.99. The van der Waals surface area contributed by atoms with E-state index in [0.29, 0.717) is 17.7 Å². The minimum Gasteiger partial charge on any atom is -0.481 e. The van der Waals surface area contributed by atoms with Gasteiger partial charge < -0.3 is 15.1 Å². The highest BCUT2D eigenvalue weighted by molar-refractivity contribution is 7.61. The molecule has 0 saturated heterocycles. The second-order valence-electron chi connectivity index (χ2n) is 8.05. The van der Waals surface area contributed by atoms with Gasteiger partial charge in [0.2, 0.25) is 7.37 Å². The van der Waals surface area contributed by atoms with Crippen molar-refractivity contribution in [2.45, 2.75) is 32.8 Å². The van der Waals surface area contributed by atoms with Gasteiger partial charge in [0.05, 0.1) is 24.4 Å². The second-order valence-corrected chi connectivity index (χ2v) is 10.2. The van der Waals surface area contributed by atoms with Crippen LogP contribution in [0.25, 0.3) is 28.5 Å². The number of aryl methyl sites for hydroxylation is 1. The lowest BCUT2D eigenvalue weighted by Crippen LogP contribution is -2.17. The SMILES string of the molecule is CCc1nc(-c2ccccc2)c(C)c(-c2ccc(F)cc2)c1/C=C/P(=O)(O)C[C@@H](O)CC(=O)O. The van der Waals surface area contributed by atoms with Crippen LogP contribution in [0.15, 0.2) is 60.4 Å². The number of aliphatic hydroxyl groups is 1. The molecule has 1 unspecified atom stereocenters. The molecule has 3 N–H and O–H groups in total. The number of hydrogen-bond acceptors (Lipinski definition) is 4. The first-order valence-corrected chi connectivity index (χ1v) is 12.8. The molecule has 34 heavy (non-hydrogen) atoms. The van der Waals surface area contributed by atoms with Crippen LogP contribution in [-0.2, 0) is 15.8 Å². The summed E-state index contributed by atoms with van der Waals surface area (Å²) >= 11 is 0. The first kappa shape index (κ1) is 25.5. The van der Waals surface area contributed by atoms with Crippen molar-refractivity contribution in [1.82, 2.24) is 4.98 Å². The minimum absolute atomic E-state index is 0.376. The van der Waals surface area contributed by atoms with Crippen LogP contribution in [0.1, 0.15) is 30.2 Å². The zero-order chi connectivity index (χ0) is 24.9. The van der Waals surface area contributed by atoms with Crippen LogP contribution >= 0.6 is 7.37 Å². The minimum atomic E-state index is -3.99. The Morgan fingerprint density at radius 1 is 1.12 bits per heavy atom. The molecule has 0 radical (unpaired) electrons. The number of carboxylic acids is 1. The Bertz CT molecular complexity index is 1240. The van der Waals surface area contributed by atoms with E-state index in [1.165, 1.54) is 18.2 Å². The molecule has 178 valence electrons. The van der Waals surface area contributed by atoms with Crippen LogP contribution in [0.3, 0.4) is 0 Å². The number of aliphatic carboxylic acids is 1. The normalized spacial score (nSPS) is 14.1. The molecule has 0 saturated carbocycles. The van der Waals surface area contributed by atoms with E-state index in [9.17, 15) is 23.7 Å². The highest BCUT2D eigenvalue weighted by Gasteiger charge is 2.23. The van der Waals surface area contributed by atoms with E-state index < -0.39 is 32.0 Å². The van der Waals surface area contributed by atoms with Gasteiger partial charge in [-0.25, -0.2) is 4.39 Å². The first-order valence-electron chi connectivity index (χ1n) is 10.9. The third-order valence-electron chi connectivity index (χ3n) is 5.43. The summed E-state index contributed by atoms with van der Waals surface area (Å²) in [6, 6.07) is 15.7. The van der Waals surface area contributed by atoms with Crippen LogP contribution in [0.2, 0.25) is 0 Å². The van der Waals surface area contributed by atoms with Crippen molar-refractivity contribution in [3.63, 3.8) is 0 Å². The highest BCUT2D eigenvalue weighted by atomic mass is 31.2. The summed E-state index contributed by atoms with van der Waals surface area (Å²) in [6.45, 7) is 3.83. The molecule has 0 aliphatic carbocycles. The Balaban J connectivity index is 2.16. The van der Waals surface area contributed by atoms with Crippen LogP contribution in [0.4, 0.5) is 4.39 Å². The smallest absolute Gasteiger partial charge is 0.305 e. The predicted molar refractivity (Wildman–Crippen MR) is 131 cm³/mol. The molecule has 0 bridgehead atoms. The van der Waals surface area contributed by atoms with Crippen LogP contribution < -0.4 is 0 Å². The quantitative estimate of drug-likeness (QED) is 0.347. The number of aromatic nitrogens is 1. The molecule has 1 aromatic heterocycles. The third-order valence-corrected chi connectivity index (χ3v) is 6.99. The van der Waals surface area contributed by atoms with Gasteiger partial charge in [0.1, 0.15) is 5.82 Å². The number of pyridine rings is 1. The maximum Gasteiger partial charge on any atom is 0.305 e. The lowest BCUT2D eigenvalue weighted by Gasteiger charge is -2.19. The summed E-state index contributed by atoms with van der Waals surface area (Å²) in [5.74, 6) is -0.512. The number of benzene rings is 2. The van der Waals surface area contributed by atoms with Gasteiger partial charge in [-0.2, -0.15) is 0 Å². The number of rotatable bonds is 9. The van der Waals surface area contributed by atoms with Crippen LogP contribution in [-0.4, -0.2) is 38.3 Å². The molecular weight excluding hydrogens is 456 g/mol. The Morgan fingerprint density at radius 2 is 1.76 bits per heavy atom. The lowest BCUT2D eigenvalue weighted by atomic mass is 9.90. The van der Waals surface area contributed by atoms with Crippen molar-refractivity contribution in [3.05, 3.63) is 83.1 Å². The number of carbonyl (C=O) groups is 1. The zero-order valence-electron chi connectivity index (χ0n) is 19.0. The Labute approximate surface area is 197 Å². The first-order chi connectivity index (χ1) is 16.1. The van der Waals surface area contributed by atoms with Gasteiger partial charge in [-0.05, 0) is 48.2 Å². The molecule has 8 heteroatoms. The van der Waals surface area contributed by atoms with Gasteiger partial charge >= 0.3 is 5.97 Å². The van der Waals surface area contributed by atoms with E-state index in [4.69, 9.17) is 10.1 Å². The van der Waals surface area contributed by atoms with Crippen LogP contribution in [0, 0.1) is 12.7 Å². The zero-order valence-corrected chi connectivity index (χ0v) is 19.9. The largest absolute Gasteiger partial charge is 0.481 e. The summed E-state index contributed by atoms with van der Waals surface area (Å²) in [6.07, 6.45) is -0.601. The number of aliphatic hydroxyl groups excluding tert-OH is 1. The molecule has 0 aliphatic rings. The summed E-state index contributed by atoms with van der Waals surface area (Å²) in [4.78, 5) is 26.0.